The number of nitrogens with zero attached hydrogens (tertiary/aromatic N) is 3. The smallest absolute Gasteiger partial charge is 0.405 e. The van der Waals surface area contributed by atoms with Crippen LogP contribution in [0.4, 0.5) is 13.2 Å². The minimum absolute atomic E-state index is 0.424. The number of halogens is 3. The van der Waals surface area contributed by atoms with E-state index in [1.54, 1.807) is 30.9 Å². The van der Waals surface area contributed by atoms with Crippen LogP contribution in [0.5, 0.6) is 5.75 Å². The number of carbonyl (C=O) groups excluding carboxylic acids is 1. The summed E-state index contributed by atoms with van der Waals surface area (Å²) in [5.41, 5.74) is 0.773. The molecule has 0 spiro atoms. The van der Waals surface area contributed by atoms with Crippen molar-refractivity contribution in [3.63, 3.8) is 0 Å². The molecule has 0 aliphatic rings. The number of rotatable bonds is 6. The molecular weight excluding hydrogens is 357 g/mol. The molecule has 1 N–H and O–H groups in total. The van der Waals surface area contributed by atoms with Crippen LogP contribution in [0.1, 0.15) is 6.92 Å². The number of alkyl halides is 3. The maximum atomic E-state index is 12.2. The predicted molar refractivity (Wildman–Crippen MR) is 87.4 cm³/mol. The first-order valence-corrected chi connectivity index (χ1v) is 8.14. The Kier molecular flexibility index (Phi) is 5.93. The second-order valence-electron chi connectivity index (χ2n) is 5.19. The van der Waals surface area contributed by atoms with E-state index in [1.165, 1.54) is 6.92 Å². The number of hydrogen-bond acceptors (Lipinski definition) is 5. The molecular formula is C15H17F3N4O2S. The maximum Gasteiger partial charge on any atom is 0.405 e. The highest BCUT2D eigenvalue weighted by Gasteiger charge is 2.29. The zero-order valence-electron chi connectivity index (χ0n) is 13.8. The van der Waals surface area contributed by atoms with E-state index < -0.39 is 23.9 Å². The Morgan fingerprint density at radius 3 is 2.76 bits per heavy atom. The number of thioether (sulfide) groups is 1. The number of hydrogen-bond donors (Lipinski definition) is 1. The molecule has 2 aromatic rings. The zero-order valence-corrected chi connectivity index (χ0v) is 14.6. The minimum atomic E-state index is -4.44. The van der Waals surface area contributed by atoms with Gasteiger partial charge in [0.15, 0.2) is 11.0 Å². The Balaban J connectivity index is 2.09. The van der Waals surface area contributed by atoms with Crippen molar-refractivity contribution in [1.82, 2.24) is 20.1 Å². The third-order valence-electron chi connectivity index (χ3n) is 3.28. The molecule has 1 atom stereocenters. The average molecular weight is 374 g/mol. The van der Waals surface area contributed by atoms with Gasteiger partial charge in [0.1, 0.15) is 12.3 Å². The molecule has 0 bridgehead atoms. The lowest BCUT2D eigenvalue weighted by molar-refractivity contribution is -0.137. The summed E-state index contributed by atoms with van der Waals surface area (Å²) >= 11 is 1.03. The highest BCUT2D eigenvalue weighted by molar-refractivity contribution is 8.00. The van der Waals surface area contributed by atoms with Gasteiger partial charge in [-0.1, -0.05) is 23.9 Å². The van der Waals surface area contributed by atoms with E-state index >= 15 is 0 Å². The summed E-state index contributed by atoms with van der Waals surface area (Å²) < 4.78 is 43.3. The Bertz CT molecular complexity index is 749. The van der Waals surface area contributed by atoms with Crippen LogP contribution in [-0.2, 0) is 11.8 Å². The molecule has 2 rings (SSSR count). The molecule has 10 heteroatoms. The fourth-order valence-electron chi connectivity index (χ4n) is 1.97. The molecule has 0 fully saturated rings. The fraction of sp³-hybridized carbons (Fsp3) is 0.400. The molecule has 0 saturated heterocycles. The largest absolute Gasteiger partial charge is 0.497 e. The summed E-state index contributed by atoms with van der Waals surface area (Å²) in [5.74, 6) is 0.507. The molecule has 136 valence electrons. The third-order valence-corrected chi connectivity index (χ3v) is 4.41. The van der Waals surface area contributed by atoms with Crippen molar-refractivity contribution in [1.29, 1.82) is 0 Å². The lowest BCUT2D eigenvalue weighted by Gasteiger charge is -2.13. The van der Waals surface area contributed by atoms with E-state index in [2.05, 4.69) is 10.2 Å². The van der Waals surface area contributed by atoms with E-state index in [9.17, 15) is 18.0 Å². The molecule has 1 aromatic heterocycles. The van der Waals surface area contributed by atoms with Gasteiger partial charge in [0.05, 0.1) is 12.4 Å². The van der Waals surface area contributed by atoms with Gasteiger partial charge in [-0.3, -0.25) is 4.79 Å². The topological polar surface area (TPSA) is 69.0 Å². The lowest BCUT2D eigenvalue weighted by Crippen LogP contribution is -2.38. The van der Waals surface area contributed by atoms with Crippen LogP contribution in [-0.4, -0.2) is 45.8 Å². The average Bonchev–Trinajstić information content (AvgIpc) is 2.92. The third kappa shape index (κ3) is 5.12. The molecule has 0 aliphatic carbocycles. The maximum absolute atomic E-state index is 12.2. The summed E-state index contributed by atoms with van der Waals surface area (Å²) in [6.07, 6.45) is -4.44. The number of carbonyl (C=O) groups is 1. The first kappa shape index (κ1) is 19.1. The zero-order chi connectivity index (χ0) is 18.6. The van der Waals surface area contributed by atoms with Gasteiger partial charge in [0, 0.05) is 12.6 Å². The Labute approximate surface area is 146 Å². The number of nitrogens with one attached hydrogen (secondary N) is 1. The first-order valence-electron chi connectivity index (χ1n) is 7.26. The van der Waals surface area contributed by atoms with Crippen LogP contribution in [0, 0.1) is 0 Å². The Morgan fingerprint density at radius 2 is 2.12 bits per heavy atom. The number of ether oxygens (including phenoxy) is 1. The van der Waals surface area contributed by atoms with Crippen molar-refractivity contribution in [2.75, 3.05) is 13.7 Å². The summed E-state index contributed by atoms with van der Waals surface area (Å²) in [6.45, 7) is 0.154. The number of methoxy groups -OCH3 is 1. The van der Waals surface area contributed by atoms with Crippen LogP contribution in [0.25, 0.3) is 11.4 Å². The van der Waals surface area contributed by atoms with Gasteiger partial charge in [-0.25, -0.2) is 0 Å². The summed E-state index contributed by atoms with van der Waals surface area (Å²) in [6, 6.07) is 7.23. The Hall–Kier alpha value is -2.23. The minimum Gasteiger partial charge on any atom is -0.497 e. The fourth-order valence-corrected chi connectivity index (χ4v) is 2.81. The second kappa shape index (κ2) is 7.77. The summed E-state index contributed by atoms with van der Waals surface area (Å²) in [5, 5.41) is 9.63. The van der Waals surface area contributed by atoms with Gasteiger partial charge in [0.2, 0.25) is 5.91 Å². The Morgan fingerprint density at radius 1 is 1.40 bits per heavy atom. The molecule has 1 aromatic carbocycles. The number of amides is 1. The SMILES string of the molecule is COc1cccc(-c2nnc(S[C@H](C)C(=O)NCC(F)(F)F)n2C)c1. The molecule has 0 saturated carbocycles. The van der Waals surface area contributed by atoms with Crippen molar-refractivity contribution >= 4 is 17.7 Å². The molecule has 0 radical (unpaired) electrons. The van der Waals surface area contributed by atoms with E-state index in [-0.39, 0.29) is 0 Å². The predicted octanol–water partition coefficient (Wildman–Crippen LogP) is 2.65. The van der Waals surface area contributed by atoms with Crippen LogP contribution >= 0.6 is 11.8 Å². The molecule has 1 amide bonds. The van der Waals surface area contributed by atoms with Crippen LogP contribution in [0.2, 0.25) is 0 Å². The van der Waals surface area contributed by atoms with E-state index in [4.69, 9.17) is 4.74 Å². The van der Waals surface area contributed by atoms with Crippen molar-refractivity contribution in [2.45, 2.75) is 23.5 Å². The number of benzene rings is 1. The molecule has 0 unspecified atom stereocenters. The van der Waals surface area contributed by atoms with Gasteiger partial charge in [-0.05, 0) is 19.1 Å². The quantitative estimate of drug-likeness (QED) is 0.788. The van der Waals surface area contributed by atoms with Crippen molar-refractivity contribution < 1.29 is 22.7 Å². The molecule has 0 aliphatic heterocycles. The van der Waals surface area contributed by atoms with Gasteiger partial charge in [-0.2, -0.15) is 13.2 Å². The molecule has 6 nitrogen and oxygen atoms in total. The number of aromatic nitrogens is 3. The monoisotopic (exact) mass is 374 g/mol. The lowest BCUT2D eigenvalue weighted by atomic mass is 10.2. The van der Waals surface area contributed by atoms with Gasteiger partial charge in [-0.15, -0.1) is 10.2 Å². The van der Waals surface area contributed by atoms with Crippen molar-refractivity contribution in [2.24, 2.45) is 7.05 Å². The standard InChI is InChI=1S/C15H17F3N4O2S/c1-9(13(23)19-8-15(16,17)18)25-14-21-20-12(22(14)2)10-5-4-6-11(7-10)24-3/h4-7,9H,8H2,1-3H3,(H,19,23)/t9-/m1/s1. The first-order chi connectivity index (χ1) is 11.7. The van der Waals surface area contributed by atoms with E-state index in [0.717, 1.165) is 17.3 Å². The van der Waals surface area contributed by atoms with Crippen LogP contribution < -0.4 is 10.1 Å². The highest BCUT2D eigenvalue weighted by Crippen LogP contribution is 2.27. The van der Waals surface area contributed by atoms with Crippen LogP contribution in [0.15, 0.2) is 29.4 Å². The molecule has 25 heavy (non-hydrogen) atoms. The van der Waals surface area contributed by atoms with E-state index in [1.807, 2.05) is 17.4 Å². The second-order valence-corrected chi connectivity index (χ2v) is 6.50. The van der Waals surface area contributed by atoms with E-state index in [0.29, 0.717) is 16.7 Å². The highest BCUT2D eigenvalue weighted by atomic mass is 32.2. The molecule has 1 heterocycles. The van der Waals surface area contributed by atoms with Crippen molar-refractivity contribution in [3.05, 3.63) is 24.3 Å². The summed E-state index contributed by atoms with van der Waals surface area (Å²) in [4.78, 5) is 11.8. The normalized spacial score (nSPS) is 12.7. The van der Waals surface area contributed by atoms with Gasteiger partial charge < -0.3 is 14.6 Å². The van der Waals surface area contributed by atoms with Gasteiger partial charge in [0.25, 0.3) is 0 Å². The van der Waals surface area contributed by atoms with Gasteiger partial charge >= 0.3 is 6.18 Å². The van der Waals surface area contributed by atoms with Crippen LogP contribution in [0.3, 0.4) is 0 Å². The van der Waals surface area contributed by atoms with Crippen molar-refractivity contribution in [3.8, 4) is 17.1 Å². The summed E-state index contributed by atoms with van der Waals surface area (Å²) in [7, 11) is 3.27.